The Kier molecular flexibility index (Phi) is 2.22. The van der Waals surface area contributed by atoms with E-state index in [0.717, 1.165) is 0 Å². The van der Waals surface area contributed by atoms with Crippen molar-refractivity contribution in [3.05, 3.63) is 0 Å². The first-order chi connectivity index (χ1) is 4.63. The van der Waals surface area contributed by atoms with Gasteiger partial charge in [0.25, 0.3) is 0 Å². The van der Waals surface area contributed by atoms with E-state index < -0.39 is 24.5 Å². The summed E-state index contributed by atoms with van der Waals surface area (Å²) in [4.78, 5) is 0. The Morgan fingerprint density at radius 1 is 1.20 bits per heavy atom. The lowest BCUT2D eigenvalue weighted by molar-refractivity contribution is -0.173. The number of rotatable bonds is 0. The number of aliphatic hydroxyl groups is 2. The Morgan fingerprint density at radius 3 is 2.30 bits per heavy atom. The van der Waals surface area contributed by atoms with Gasteiger partial charge in [0.2, 0.25) is 0 Å². The summed E-state index contributed by atoms with van der Waals surface area (Å²) in [6.45, 7) is 0.0516. The maximum atomic E-state index is 9.02. The number of aliphatic hydroxyl groups excluding tert-OH is 2. The van der Waals surface area contributed by atoms with E-state index in [2.05, 4.69) is 4.74 Å². The molecule has 1 aliphatic rings. The molecular formula is C5H12N2O3. The molecule has 0 bridgehead atoms. The summed E-state index contributed by atoms with van der Waals surface area (Å²) in [5.74, 6) is 0. The summed E-state index contributed by atoms with van der Waals surface area (Å²) in [6, 6.07) is -1.28. The smallest absolute Gasteiger partial charge is 0.171 e. The predicted molar refractivity (Wildman–Crippen MR) is 33.9 cm³/mol. The van der Waals surface area contributed by atoms with E-state index in [1.54, 1.807) is 0 Å². The fraction of sp³-hybridized carbons (Fsp3) is 1.00. The van der Waals surface area contributed by atoms with E-state index in [1.807, 2.05) is 0 Å². The van der Waals surface area contributed by atoms with Crippen LogP contribution in [-0.2, 0) is 4.74 Å². The van der Waals surface area contributed by atoms with Crippen molar-refractivity contribution in [2.45, 2.75) is 24.5 Å². The van der Waals surface area contributed by atoms with Gasteiger partial charge in [0.1, 0.15) is 0 Å². The molecule has 0 aromatic heterocycles. The summed E-state index contributed by atoms with van der Waals surface area (Å²) in [7, 11) is 0. The number of hydrogen-bond donors (Lipinski definition) is 4. The SMILES string of the molecule is NC1C(O)COC(O)C1N. The van der Waals surface area contributed by atoms with Crippen LogP contribution in [0.1, 0.15) is 0 Å². The fourth-order valence-electron chi connectivity index (χ4n) is 0.866. The first-order valence-corrected chi connectivity index (χ1v) is 3.12. The van der Waals surface area contributed by atoms with Crippen molar-refractivity contribution in [1.82, 2.24) is 0 Å². The highest BCUT2D eigenvalue weighted by Gasteiger charge is 2.33. The lowest BCUT2D eigenvalue weighted by atomic mass is 10.0. The van der Waals surface area contributed by atoms with Crippen LogP contribution in [-0.4, -0.2) is 41.3 Å². The second-order valence-electron chi connectivity index (χ2n) is 2.45. The minimum absolute atomic E-state index is 0.0516. The van der Waals surface area contributed by atoms with Crippen LogP contribution in [0, 0.1) is 0 Å². The molecule has 0 aromatic carbocycles. The molecule has 1 fully saturated rings. The van der Waals surface area contributed by atoms with Crippen LogP contribution in [0.25, 0.3) is 0 Å². The molecule has 5 heteroatoms. The Morgan fingerprint density at radius 2 is 1.80 bits per heavy atom. The van der Waals surface area contributed by atoms with E-state index in [0.29, 0.717) is 0 Å². The summed E-state index contributed by atoms with van der Waals surface area (Å²) < 4.78 is 4.67. The molecule has 5 nitrogen and oxygen atoms in total. The van der Waals surface area contributed by atoms with Crippen molar-refractivity contribution in [2.24, 2.45) is 11.5 Å². The second kappa shape index (κ2) is 2.81. The van der Waals surface area contributed by atoms with Crippen molar-refractivity contribution < 1.29 is 14.9 Å². The summed E-state index contributed by atoms with van der Waals surface area (Å²) in [5.41, 5.74) is 10.7. The normalized spacial score (nSPS) is 49.2. The van der Waals surface area contributed by atoms with Crippen molar-refractivity contribution >= 4 is 0 Å². The quantitative estimate of drug-likeness (QED) is 0.300. The number of nitrogens with two attached hydrogens (primary N) is 2. The lowest BCUT2D eigenvalue weighted by Crippen LogP contribution is -2.61. The third-order valence-electron chi connectivity index (χ3n) is 1.66. The first-order valence-electron chi connectivity index (χ1n) is 3.12. The third kappa shape index (κ3) is 1.28. The molecule has 1 aliphatic heterocycles. The minimum Gasteiger partial charge on any atom is -0.389 e. The summed E-state index contributed by atoms with van der Waals surface area (Å²) in [5, 5.41) is 18.0. The van der Waals surface area contributed by atoms with Gasteiger partial charge in [-0.2, -0.15) is 0 Å². The van der Waals surface area contributed by atoms with Gasteiger partial charge in [-0.25, -0.2) is 0 Å². The van der Waals surface area contributed by atoms with Gasteiger partial charge >= 0.3 is 0 Å². The zero-order chi connectivity index (χ0) is 7.72. The van der Waals surface area contributed by atoms with E-state index in [-0.39, 0.29) is 6.61 Å². The molecule has 0 amide bonds. The van der Waals surface area contributed by atoms with Crippen molar-refractivity contribution in [3.63, 3.8) is 0 Å². The van der Waals surface area contributed by atoms with E-state index in [1.165, 1.54) is 0 Å². The topological polar surface area (TPSA) is 102 Å². The van der Waals surface area contributed by atoms with E-state index >= 15 is 0 Å². The zero-order valence-corrected chi connectivity index (χ0v) is 5.47. The molecule has 4 unspecified atom stereocenters. The van der Waals surface area contributed by atoms with Crippen molar-refractivity contribution in [1.29, 1.82) is 0 Å². The molecule has 1 heterocycles. The average molecular weight is 148 g/mol. The monoisotopic (exact) mass is 148 g/mol. The van der Waals surface area contributed by atoms with Crippen LogP contribution < -0.4 is 11.5 Å². The van der Waals surface area contributed by atoms with Gasteiger partial charge in [-0.15, -0.1) is 0 Å². The standard InChI is InChI=1S/C5H12N2O3/c6-3-2(8)1-10-5(9)4(3)7/h2-5,8-9H,1,6-7H2. The van der Waals surface area contributed by atoms with Gasteiger partial charge in [0.15, 0.2) is 6.29 Å². The highest BCUT2D eigenvalue weighted by Crippen LogP contribution is 2.09. The molecule has 4 atom stereocenters. The highest BCUT2D eigenvalue weighted by molar-refractivity contribution is 4.88. The van der Waals surface area contributed by atoms with Crippen LogP contribution in [0.3, 0.4) is 0 Å². The Bertz CT molecular complexity index is 107. The number of hydrogen-bond acceptors (Lipinski definition) is 5. The molecule has 0 spiro atoms. The van der Waals surface area contributed by atoms with Crippen LogP contribution >= 0.6 is 0 Å². The molecule has 0 radical (unpaired) electrons. The molecule has 0 aliphatic carbocycles. The largest absolute Gasteiger partial charge is 0.389 e. The Balaban J connectivity index is 2.52. The van der Waals surface area contributed by atoms with E-state index in [4.69, 9.17) is 21.7 Å². The lowest BCUT2D eigenvalue weighted by Gasteiger charge is -2.33. The van der Waals surface area contributed by atoms with Gasteiger partial charge in [-0.3, -0.25) is 0 Å². The molecule has 0 saturated carbocycles. The number of ether oxygens (including phenoxy) is 1. The molecule has 60 valence electrons. The molecule has 1 rings (SSSR count). The molecular weight excluding hydrogens is 136 g/mol. The average Bonchev–Trinajstić information content (AvgIpc) is 1.93. The summed E-state index contributed by atoms with van der Waals surface area (Å²) >= 11 is 0. The van der Waals surface area contributed by atoms with Gasteiger partial charge in [0, 0.05) is 0 Å². The molecule has 6 N–H and O–H groups in total. The van der Waals surface area contributed by atoms with Gasteiger partial charge < -0.3 is 26.4 Å². The minimum atomic E-state index is -1.04. The van der Waals surface area contributed by atoms with Crippen molar-refractivity contribution in [3.8, 4) is 0 Å². The van der Waals surface area contributed by atoms with Crippen LogP contribution in [0.2, 0.25) is 0 Å². The van der Waals surface area contributed by atoms with Gasteiger partial charge in [0.05, 0.1) is 24.8 Å². The first kappa shape index (κ1) is 7.90. The summed E-state index contributed by atoms with van der Waals surface area (Å²) in [6.07, 6.45) is -1.81. The highest BCUT2D eigenvalue weighted by atomic mass is 16.6. The van der Waals surface area contributed by atoms with Gasteiger partial charge in [-0.1, -0.05) is 0 Å². The van der Waals surface area contributed by atoms with E-state index in [9.17, 15) is 0 Å². The molecule has 0 aromatic rings. The third-order valence-corrected chi connectivity index (χ3v) is 1.66. The Hall–Kier alpha value is -0.200. The van der Waals surface area contributed by atoms with Crippen LogP contribution in [0.5, 0.6) is 0 Å². The zero-order valence-electron chi connectivity index (χ0n) is 5.47. The van der Waals surface area contributed by atoms with Crippen molar-refractivity contribution in [2.75, 3.05) is 6.61 Å². The molecule has 1 saturated heterocycles. The van der Waals surface area contributed by atoms with Crippen LogP contribution in [0.15, 0.2) is 0 Å². The maximum absolute atomic E-state index is 9.02. The van der Waals surface area contributed by atoms with Crippen LogP contribution in [0.4, 0.5) is 0 Å². The Labute approximate surface area is 58.6 Å². The maximum Gasteiger partial charge on any atom is 0.171 e. The molecule has 10 heavy (non-hydrogen) atoms. The predicted octanol–water partition coefficient (Wildman–Crippen LogP) is -2.65. The fourth-order valence-corrected chi connectivity index (χ4v) is 0.866. The second-order valence-corrected chi connectivity index (χ2v) is 2.45. The van der Waals surface area contributed by atoms with Gasteiger partial charge in [-0.05, 0) is 0 Å².